The van der Waals surface area contributed by atoms with E-state index in [0.29, 0.717) is 17.0 Å². The van der Waals surface area contributed by atoms with Crippen molar-refractivity contribution in [3.05, 3.63) is 64.7 Å². The fraction of sp³-hybridized carbons (Fsp3) is 0.250. The standard InChI is InChI=1S/C16H16ClF2NO/c1-2-14(20)16(11-5-3-4-6-12(11)17)21-15-9-10(18)7-8-13(15)19/h3-9,14,16H,2,20H2,1H3. The summed E-state index contributed by atoms with van der Waals surface area (Å²) >= 11 is 6.15. The van der Waals surface area contributed by atoms with Crippen LogP contribution in [0.25, 0.3) is 0 Å². The average Bonchev–Trinajstić information content (AvgIpc) is 2.48. The maximum absolute atomic E-state index is 13.7. The summed E-state index contributed by atoms with van der Waals surface area (Å²) in [6.45, 7) is 1.89. The van der Waals surface area contributed by atoms with Crippen molar-refractivity contribution in [2.75, 3.05) is 0 Å². The zero-order chi connectivity index (χ0) is 15.4. The molecule has 21 heavy (non-hydrogen) atoms. The van der Waals surface area contributed by atoms with Crippen LogP contribution < -0.4 is 10.5 Å². The lowest BCUT2D eigenvalue weighted by Crippen LogP contribution is -2.31. The van der Waals surface area contributed by atoms with E-state index in [0.717, 1.165) is 18.2 Å². The Morgan fingerprint density at radius 1 is 1.19 bits per heavy atom. The molecule has 2 N–H and O–H groups in total. The lowest BCUT2D eigenvalue weighted by atomic mass is 10.0. The topological polar surface area (TPSA) is 35.2 Å². The van der Waals surface area contributed by atoms with Gasteiger partial charge in [0.15, 0.2) is 11.6 Å². The fourth-order valence-electron chi connectivity index (χ4n) is 2.01. The molecule has 2 unspecified atom stereocenters. The molecule has 0 spiro atoms. The summed E-state index contributed by atoms with van der Waals surface area (Å²) in [5.74, 6) is -1.39. The van der Waals surface area contributed by atoms with E-state index in [1.165, 1.54) is 0 Å². The molecule has 0 saturated heterocycles. The van der Waals surface area contributed by atoms with Crippen LogP contribution >= 0.6 is 11.6 Å². The zero-order valence-corrected chi connectivity index (χ0v) is 12.3. The molecule has 2 nitrogen and oxygen atoms in total. The van der Waals surface area contributed by atoms with Crippen molar-refractivity contribution in [3.8, 4) is 5.75 Å². The van der Waals surface area contributed by atoms with Crippen molar-refractivity contribution in [2.45, 2.75) is 25.5 Å². The van der Waals surface area contributed by atoms with Crippen LogP contribution in [0.15, 0.2) is 42.5 Å². The minimum Gasteiger partial charge on any atom is -0.481 e. The molecule has 0 aromatic heterocycles. The summed E-state index contributed by atoms with van der Waals surface area (Å²) in [7, 11) is 0. The Kier molecular flexibility index (Phi) is 5.15. The third kappa shape index (κ3) is 3.71. The molecule has 0 amide bonds. The van der Waals surface area contributed by atoms with Gasteiger partial charge in [-0.3, -0.25) is 0 Å². The molecule has 112 valence electrons. The first-order valence-corrected chi connectivity index (χ1v) is 7.02. The molecule has 0 bridgehead atoms. The summed E-state index contributed by atoms with van der Waals surface area (Å²) in [5, 5.41) is 0.475. The highest BCUT2D eigenvalue weighted by atomic mass is 35.5. The van der Waals surface area contributed by atoms with Gasteiger partial charge in [0.05, 0.1) is 0 Å². The zero-order valence-electron chi connectivity index (χ0n) is 11.5. The van der Waals surface area contributed by atoms with E-state index < -0.39 is 23.8 Å². The summed E-state index contributed by atoms with van der Waals surface area (Å²) < 4.78 is 32.6. The maximum atomic E-state index is 13.7. The second-order valence-electron chi connectivity index (χ2n) is 4.71. The van der Waals surface area contributed by atoms with Crippen molar-refractivity contribution in [2.24, 2.45) is 5.73 Å². The Balaban J connectivity index is 2.38. The van der Waals surface area contributed by atoms with Crippen LogP contribution in [0.5, 0.6) is 5.75 Å². The average molecular weight is 312 g/mol. The van der Waals surface area contributed by atoms with Crippen LogP contribution in [-0.4, -0.2) is 6.04 Å². The molecule has 0 fully saturated rings. The van der Waals surface area contributed by atoms with Gasteiger partial charge in [-0.05, 0) is 24.6 Å². The van der Waals surface area contributed by atoms with Crippen LogP contribution in [0.4, 0.5) is 8.78 Å². The van der Waals surface area contributed by atoms with Crippen molar-refractivity contribution < 1.29 is 13.5 Å². The maximum Gasteiger partial charge on any atom is 0.165 e. The quantitative estimate of drug-likeness (QED) is 0.884. The van der Waals surface area contributed by atoms with E-state index in [1.807, 2.05) is 6.92 Å². The lowest BCUT2D eigenvalue weighted by Gasteiger charge is -2.25. The Morgan fingerprint density at radius 3 is 2.57 bits per heavy atom. The molecule has 0 radical (unpaired) electrons. The monoisotopic (exact) mass is 311 g/mol. The van der Waals surface area contributed by atoms with Crippen LogP contribution in [0.2, 0.25) is 5.02 Å². The molecule has 2 atom stereocenters. The van der Waals surface area contributed by atoms with Crippen LogP contribution in [0, 0.1) is 11.6 Å². The Morgan fingerprint density at radius 2 is 1.90 bits per heavy atom. The molecule has 2 aromatic rings. The van der Waals surface area contributed by atoms with Crippen molar-refractivity contribution in [3.63, 3.8) is 0 Å². The third-order valence-electron chi connectivity index (χ3n) is 3.22. The first-order chi connectivity index (χ1) is 10.0. The van der Waals surface area contributed by atoms with Gasteiger partial charge in [0.1, 0.15) is 11.9 Å². The fourth-order valence-corrected chi connectivity index (χ4v) is 2.25. The second kappa shape index (κ2) is 6.87. The summed E-state index contributed by atoms with van der Waals surface area (Å²) in [4.78, 5) is 0. The number of nitrogens with two attached hydrogens (primary N) is 1. The van der Waals surface area contributed by atoms with Gasteiger partial charge < -0.3 is 10.5 Å². The molecule has 2 rings (SSSR count). The van der Waals surface area contributed by atoms with E-state index in [-0.39, 0.29) is 5.75 Å². The van der Waals surface area contributed by atoms with Gasteiger partial charge in [-0.25, -0.2) is 8.78 Å². The number of hydrogen-bond acceptors (Lipinski definition) is 2. The van der Waals surface area contributed by atoms with E-state index in [9.17, 15) is 8.78 Å². The van der Waals surface area contributed by atoms with Crippen molar-refractivity contribution in [1.29, 1.82) is 0 Å². The van der Waals surface area contributed by atoms with Gasteiger partial charge in [0.2, 0.25) is 0 Å². The third-order valence-corrected chi connectivity index (χ3v) is 3.56. The number of ether oxygens (including phenoxy) is 1. The number of halogens is 3. The molecular formula is C16H16ClF2NO. The highest BCUT2D eigenvalue weighted by Gasteiger charge is 2.24. The summed E-state index contributed by atoms with van der Waals surface area (Å²) in [6.07, 6.45) is -0.0488. The molecule has 0 saturated carbocycles. The lowest BCUT2D eigenvalue weighted by molar-refractivity contribution is 0.163. The number of hydrogen-bond donors (Lipinski definition) is 1. The Bertz CT molecular complexity index is 621. The minimum atomic E-state index is -0.653. The van der Waals surface area contributed by atoms with Crippen molar-refractivity contribution in [1.82, 2.24) is 0 Å². The smallest absolute Gasteiger partial charge is 0.165 e. The van der Waals surface area contributed by atoms with E-state index in [4.69, 9.17) is 22.1 Å². The van der Waals surface area contributed by atoms with Crippen LogP contribution in [0.3, 0.4) is 0 Å². The second-order valence-corrected chi connectivity index (χ2v) is 5.11. The van der Waals surface area contributed by atoms with Gasteiger partial charge in [-0.1, -0.05) is 36.7 Å². The molecule has 0 aliphatic carbocycles. The van der Waals surface area contributed by atoms with E-state index in [2.05, 4.69) is 0 Å². The van der Waals surface area contributed by atoms with Crippen LogP contribution in [-0.2, 0) is 0 Å². The van der Waals surface area contributed by atoms with Gasteiger partial charge in [-0.2, -0.15) is 0 Å². The predicted octanol–water partition coefficient (Wildman–Crippen LogP) is 4.48. The molecule has 0 aliphatic rings. The van der Waals surface area contributed by atoms with Gasteiger partial charge in [0.25, 0.3) is 0 Å². The SMILES string of the molecule is CCC(N)C(Oc1cc(F)ccc1F)c1ccccc1Cl. The van der Waals surface area contributed by atoms with E-state index >= 15 is 0 Å². The van der Waals surface area contributed by atoms with Gasteiger partial charge >= 0.3 is 0 Å². The molecule has 2 aromatic carbocycles. The molecule has 0 aliphatic heterocycles. The Labute approximate surface area is 127 Å². The summed E-state index contributed by atoms with van der Waals surface area (Å²) in [6, 6.07) is 9.70. The molecule has 5 heteroatoms. The normalized spacial score (nSPS) is 13.8. The van der Waals surface area contributed by atoms with Crippen LogP contribution in [0.1, 0.15) is 25.0 Å². The first-order valence-electron chi connectivity index (χ1n) is 6.64. The molecular weight excluding hydrogens is 296 g/mol. The van der Waals surface area contributed by atoms with Gasteiger partial charge in [-0.15, -0.1) is 0 Å². The minimum absolute atomic E-state index is 0.177. The Hall–Kier alpha value is -1.65. The van der Waals surface area contributed by atoms with Crippen molar-refractivity contribution >= 4 is 11.6 Å². The summed E-state index contributed by atoms with van der Waals surface area (Å²) in [5.41, 5.74) is 6.70. The van der Waals surface area contributed by atoms with Gasteiger partial charge in [0, 0.05) is 22.7 Å². The van der Waals surface area contributed by atoms with E-state index in [1.54, 1.807) is 24.3 Å². The predicted molar refractivity (Wildman–Crippen MR) is 79.4 cm³/mol. The number of rotatable bonds is 5. The number of benzene rings is 2. The first kappa shape index (κ1) is 15.7. The highest BCUT2D eigenvalue weighted by molar-refractivity contribution is 6.31. The molecule has 0 heterocycles. The highest BCUT2D eigenvalue weighted by Crippen LogP contribution is 2.31. The largest absolute Gasteiger partial charge is 0.481 e.